The summed E-state index contributed by atoms with van der Waals surface area (Å²) in [5, 5.41) is 6.82. The molecule has 0 unspecified atom stereocenters. The Balaban J connectivity index is 1.46. The predicted octanol–water partition coefficient (Wildman–Crippen LogP) is 4.28. The van der Waals surface area contributed by atoms with Gasteiger partial charge in [-0.3, -0.25) is 0 Å². The van der Waals surface area contributed by atoms with Crippen LogP contribution in [-0.2, 0) is 13.0 Å². The average Bonchev–Trinajstić information content (AvgIpc) is 3.13. The molecule has 2 aromatic carbocycles. The maximum atomic E-state index is 12.3. The molecule has 1 heterocycles. The minimum atomic E-state index is -0.185. The molecule has 0 radical (unpaired) electrons. The van der Waals surface area contributed by atoms with E-state index in [4.69, 9.17) is 9.26 Å². The molecule has 0 fully saturated rings. The third-order valence-corrected chi connectivity index (χ3v) is 4.39. The lowest BCUT2D eigenvalue weighted by Crippen LogP contribution is -2.33. The number of amides is 2. The minimum Gasteiger partial charge on any atom is -0.484 e. The van der Waals surface area contributed by atoms with Crippen LogP contribution < -0.4 is 10.1 Å². The zero-order chi connectivity index (χ0) is 20.8. The number of aryl methyl sites for hydroxylation is 3. The first kappa shape index (κ1) is 20.4. The van der Waals surface area contributed by atoms with E-state index in [1.54, 1.807) is 11.9 Å². The largest absolute Gasteiger partial charge is 0.484 e. The highest BCUT2D eigenvalue weighted by atomic mass is 16.5. The molecule has 0 aliphatic rings. The molecule has 0 bridgehead atoms. The number of likely N-dealkylation sites (N-methyl/N-ethyl adjacent to an activating group) is 1. The second-order valence-electron chi connectivity index (χ2n) is 7.18. The molecule has 0 saturated heterocycles. The lowest BCUT2D eigenvalue weighted by atomic mass is 10.1. The number of anilines is 1. The molecule has 1 N–H and O–H groups in total. The zero-order valence-corrected chi connectivity index (χ0v) is 17.2. The van der Waals surface area contributed by atoms with E-state index < -0.39 is 0 Å². The number of hydrogen-bond acceptors (Lipinski definition) is 5. The Bertz CT molecular complexity index is 946. The van der Waals surface area contributed by atoms with E-state index in [2.05, 4.69) is 21.5 Å². The molecule has 0 aliphatic carbocycles. The summed E-state index contributed by atoms with van der Waals surface area (Å²) in [6, 6.07) is 13.5. The number of carbonyl (C=O) groups excluding carboxylic acids is 1. The number of hydrogen-bond donors (Lipinski definition) is 1. The lowest BCUT2D eigenvalue weighted by molar-refractivity contribution is 0.222. The average molecular weight is 394 g/mol. The number of carbonyl (C=O) groups is 1. The van der Waals surface area contributed by atoms with Gasteiger partial charge in [0.25, 0.3) is 5.89 Å². The van der Waals surface area contributed by atoms with Crippen LogP contribution >= 0.6 is 0 Å². The summed E-state index contributed by atoms with van der Waals surface area (Å²) in [5.74, 6) is 1.72. The summed E-state index contributed by atoms with van der Waals surface area (Å²) >= 11 is 0. The molecule has 3 rings (SSSR count). The van der Waals surface area contributed by atoms with Crippen molar-refractivity contribution in [2.75, 3.05) is 18.9 Å². The molecule has 7 nitrogen and oxygen atoms in total. The van der Waals surface area contributed by atoms with Gasteiger partial charge in [0.05, 0.1) is 0 Å². The van der Waals surface area contributed by atoms with Gasteiger partial charge in [0.1, 0.15) is 5.75 Å². The third-order valence-electron chi connectivity index (χ3n) is 4.39. The van der Waals surface area contributed by atoms with Gasteiger partial charge < -0.3 is 19.5 Å². The van der Waals surface area contributed by atoms with Crippen LogP contribution in [0.3, 0.4) is 0 Å². The van der Waals surface area contributed by atoms with Crippen molar-refractivity contribution in [3.8, 4) is 5.75 Å². The van der Waals surface area contributed by atoms with Gasteiger partial charge in [-0.05, 0) is 56.2 Å². The molecule has 152 valence electrons. The van der Waals surface area contributed by atoms with Crippen LogP contribution in [0.15, 0.2) is 47.0 Å². The van der Waals surface area contributed by atoms with Crippen LogP contribution in [0.5, 0.6) is 5.75 Å². The monoisotopic (exact) mass is 394 g/mol. The van der Waals surface area contributed by atoms with Crippen molar-refractivity contribution < 1.29 is 14.1 Å². The number of aromatic nitrogens is 2. The van der Waals surface area contributed by atoms with Gasteiger partial charge >= 0.3 is 6.03 Å². The van der Waals surface area contributed by atoms with Crippen LogP contribution in [0.2, 0.25) is 0 Å². The molecule has 0 atom stereocenters. The summed E-state index contributed by atoms with van der Waals surface area (Å²) in [7, 11) is 1.73. The van der Waals surface area contributed by atoms with Gasteiger partial charge in [0, 0.05) is 25.7 Å². The topological polar surface area (TPSA) is 80.5 Å². The Kier molecular flexibility index (Phi) is 6.49. The Morgan fingerprint density at radius 1 is 1.07 bits per heavy atom. The highest BCUT2D eigenvalue weighted by molar-refractivity contribution is 5.89. The molecular formula is C22H26N4O3. The number of nitrogens with one attached hydrogen (secondary N) is 1. The van der Waals surface area contributed by atoms with Gasteiger partial charge in [0.2, 0.25) is 0 Å². The number of rotatable bonds is 7. The van der Waals surface area contributed by atoms with E-state index in [1.165, 1.54) is 0 Å². The summed E-state index contributed by atoms with van der Waals surface area (Å²) in [6.45, 7) is 6.73. The van der Waals surface area contributed by atoms with Gasteiger partial charge in [-0.2, -0.15) is 4.98 Å². The van der Waals surface area contributed by atoms with Gasteiger partial charge in [-0.25, -0.2) is 4.79 Å². The van der Waals surface area contributed by atoms with E-state index in [1.807, 2.05) is 57.2 Å². The van der Waals surface area contributed by atoms with E-state index in [9.17, 15) is 4.79 Å². The molecular weight excluding hydrogens is 368 g/mol. The molecule has 1 aromatic heterocycles. The maximum absolute atomic E-state index is 12.3. The zero-order valence-electron chi connectivity index (χ0n) is 17.2. The van der Waals surface area contributed by atoms with Crippen molar-refractivity contribution >= 4 is 11.7 Å². The number of urea groups is 1. The second-order valence-corrected chi connectivity index (χ2v) is 7.18. The molecule has 2 amide bonds. The second kappa shape index (κ2) is 9.23. The molecule has 0 aliphatic heterocycles. The minimum absolute atomic E-state index is 0.185. The smallest absolute Gasteiger partial charge is 0.321 e. The van der Waals surface area contributed by atoms with Gasteiger partial charge in [0.15, 0.2) is 12.4 Å². The van der Waals surface area contributed by atoms with Crippen LogP contribution in [0.1, 0.15) is 28.4 Å². The first-order valence-corrected chi connectivity index (χ1v) is 9.50. The van der Waals surface area contributed by atoms with Crippen LogP contribution in [0, 0.1) is 20.8 Å². The molecule has 3 aromatic rings. The van der Waals surface area contributed by atoms with Crippen molar-refractivity contribution in [1.29, 1.82) is 0 Å². The molecule has 0 spiro atoms. The third kappa shape index (κ3) is 6.07. The number of benzene rings is 2. The molecule has 29 heavy (non-hydrogen) atoms. The highest BCUT2D eigenvalue weighted by Crippen LogP contribution is 2.17. The maximum Gasteiger partial charge on any atom is 0.321 e. The van der Waals surface area contributed by atoms with E-state index in [-0.39, 0.29) is 12.6 Å². The lowest BCUT2D eigenvalue weighted by Gasteiger charge is -2.17. The van der Waals surface area contributed by atoms with Crippen molar-refractivity contribution in [3.05, 3.63) is 70.9 Å². The quantitative estimate of drug-likeness (QED) is 0.647. The number of nitrogens with zero attached hydrogens (tertiary/aromatic N) is 3. The van der Waals surface area contributed by atoms with Crippen molar-refractivity contribution in [2.24, 2.45) is 0 Å². The van der Waals surface area contributed by atoms with E-state index in [0.29, 0.717) is 24.7 Å². The SMILES string of the molecule is Cc1ccc(NC(=O)N(C)CCc2noc(COc3cc(C)cc(C)c3)n2)cc1. The van der Waals surface area contributed by atoms with E-state index >= 15 is 0 Å². The normalized spacial score (nSPS) is 10.6. The first-order chi connectivity index (χ1) is 13.9. The Labute approximate surface area is 170 Å². The van der Waals surface area contributed by atoms with Crippen molar-refractivity contribution in [3.63, 3.8) is 0 Å². The van der Waals surface area contributed by atoms with Crippen molar-refractivity contribution in [1.82, 2.24) is 15.0 Å². The van der Waals surface area contributed by atoms with Crippen molar-refractivity contribution in [2.45, 2.75) is 33.8 Å². The standard InChI is InChI=1S/C22H26N4O3/c1-15-5-7-18(8-6-15)23-22(27)26(4)10-9-20-24-21(29-25-20)14-28-19-12-16(2)11-17(3)13-19/h5-8,11-13H,9-10,14H2,1-4H3,(H,23,27). The van der Waals surface area contributed by atoms with Crippen LogP contribution in [0.25, 0.3) is 0 Å². The summed E-state index contributed by atoms with van der Waals surface area (Å²) in [5.41, 5.74) is 4.18. The fourth-order valence-corrected chi connectivity index (χ4v) is 2.84. The fourth-order valence-electron chi connectivity index (χ4n) is 2.84. The Morgan fingerprint density at radius 2 is 1.76 bits per heavy atom. The molecule has 0 saturated carbocycles. The predicted molar refractivity (Wildman–Crippen MR) is 111 cm³/mol. The highest BCUT2D eigenvalue weighted by Gasteiger charge is 2.12. The first-order valence-electron chi connectivity index (χ1n) is 9.50. The van der Waals surface area contributed by atoms with Crippen LogP contribution in [0.4, 0.5) is 10.5 Å². The van der Waals surface area contributed by atoms with Gasteiger partial charge in [-0.15, -0.1) is 0 Å². The van der Waals surface area contributed by atoms with E-state index in [0.717, 1.165) is 28.1 Å². The Morgan fingerprint density at radius 3 is 2.45 bits per heavy atom. The molecule has 7 heteroatoms. The van der Waals surface area contributed by atoms with Gasteiger partial charge in [-0.1, -0.05) is 28.9 Å². The van der Waals surface area contributed by atoms with Crippen LogP contribution in [-0.4, -0.2) is 34.7 Å². The fraction of sp³-hybridized carbons (Fsp3) is 0.318. The summed E-state index contributed by atoms with van der Waals surface area (Å²) in [4.78, 5) is 18.2. The summed E-state index contributed by atoms with van der Waals surface area (Å²) in [6.07, 6.45) is 0.491. The Hall–Kier alpha value is -3.35. The number of ether oxygens (including phenoxy) is 1. The summed E-state index contributed by atoms with van der Waals surface area (Å²) < 4.78 is 11.0.